The Morgan fingerprint density at radius 3 is 2.00 bits per heavy atom. The number of hydrogen-bond acceptors (Lipinski definition) is 5. The van der Waals surface area contributed by atoms with Gasteiger partial charge >= 0.3 is 5.63 Å². The van der Waals surface area contributed by atoms with Crippen molar-refractivity contribution in [3.05, 3.63) is 99.6 Å². The van der Waals surface area contributed by atoms with Gasteiger partial charge in [0.05, 0.1) is 17.8 Å². The molecule has 0 aliphatic heterocycles. The molecular weight excluding hydrogens is 368 g/mol. The Labute approximate surface area is 169 Å². The Hall–Kier alpha value is -2.89. The quantitative estimate of drug-likeness (QED) is 0.570. The van der Waals surface area contributed by atoms with Gasteiger partial charge in [0.15, 0.2) is 0 Å². The van der Waals surface area contributed by atoms with E-state index in [1.165, 1.54) is 6.07 Å². The molecule has 0 saturated heterocycles. The topological polar surface area (TPSA) is 90.9 Å². The second kappa shape index (κ2) is 9.07. The molecule has 0 amide bonds. The van der Waals surface area contributed by atoms with Gasteiger partial charge in [0, 0.05) is 17.9 Å². The van der Waals surface area contributed by atoms with E-state index in [1.807, 2.05) is 36.4 Å². The van der Waals surface area contributed by atoms with Crippen LogP contribution < -0.4 is 5.63 Å². The summed E-state index contributed by atoms with van der Waals surface area (Å²) in [5.41, 5.74) is 0.984. The van der Waals surface area contributed by atoms with Gasteiger partial charge in [-0.15, -0.1) is 0 Å². The molecule has 5 heteroatoms. The average molecular weight is 394 g/mol. The summed E-state index contributed by atoms with van der Waals surface area (Å²) in [6.07, 6.45) is -1.24. The predicted octanol–water partition coefficient (Wildman–Crippen LogP) is 3.57. The minimum atomic E-state index is -0.908. The Balaban J connectivity index is 2.02. The zero-order valence-corrected chi connectivity index (χ0v) is 16.5. The first-order valence-corrected chi connectivity index (χ1v) is 9.70. The number of aliphatic hydroxyl groups excluding tert-OH is 2. The molecule has 3 aromatic rings. The molecule has 0 bridgehead atoms. The van der Waals surface area contributed by atoms with Crippen LogP contribution in [0, 0.1) is 0 Å². The summed E-state index contributed by atoms with van der Waals surface area (Å²) in [7, 11) is 0. The van der Waals surface area contributed by atoms with E-state index in [0.29, 0.717) is 12.0 Å². The fourth-order valence-corrected chi connectivity index (χ4v) is 3.70. The van der Waals surface area contributed by atoms with Crippen LogP contribution in [0.2, 0.25) is 0 Å². The maximum absolute atomic E-state index is 12.8. The van der Waals surface area contributed by atoms with Crippen LogP contribution in [0.25, 0.3) is 0 Å². The number of benzene rings is 2. The standard InChI is InChI=1S/C24H26O5/c1-15(25)19(13-17-9-5-3-6-10-17)21-14-20(27)23(24(28)29-21)22(16(2)26)18-11-7-4-8-12-18/h3-12,14-16,19,22,25-27H,13H2,1-2H3/t15-,16+,19?,22?/m0/s1. The lowest BCUT2D eigenvalue weighted by atomic mass is 9.86. The Morgan fingerprint density at radius 2 is 1.48 bits per heavy atom. The van der Waals surface area contributed by atoms with Crippen molar-refractivity contribution in [1.82, 2.24) is 0 Å². The van der Waals surface area contributed by atoms with Gasteiger partial charge in [0.1, 0.15) is 11.5 Å². The largest absolute Gasteiger partial charge is 0.507 e. The molecule has 0 saturated carbocycles. The van der Waals surface area contributed by atoms with Crippen LogP contribution in [-0.4, -0.2) is 27.5 Å². The monoisotopic (exact) mass is 394 g/mol. The van der Waals surface area contributed by atoms with Crippen molar-refractivity contribution in [1.29, 1.82) is 0 Å². The summed E-state index contributed by atoms with van der Waals surface area (Å²) in [6, 6.07) is 20.0. The Bertz CT molecular complexity index is 977. The highest BCUT2D eigenvalue weighted by Crippen LogP contribution is 2.34. The zero-order chi connectivity index (χ0) is 21.0. The van der Waals surface area contributed by atoms with Gasteiger partial charge in [0.2, 0.25) is 0 Å². The van der Waals surface area contributed by atoms with E-state index in [2.05, 4.69) is 0 Å². The lowest BCUT2D eigenvalue weighted by Gasteiger charge is -2.23. The molecule has 0 aliphatic rings. The smallest absolute Gasteiger partial charge is 0.343 e. The molecule has 3 N–H and O–H groups in total. The second-order valence-corrected chi connectivity index (χ2v) is 7.40. The molecule has 2 unspecified atom stereocenters. The minimum absolute atomic E-state index is 0.0130. The average Bonchev–Trinajstić information content (AvgIpc) is 2.69. The molecule has 0 aliphatic carbocycles. The zero-order valence-electron chi connectivity index (χ0n) is 16.5. The fraction of sp³-hybridized carbons (Fsp3) is 0.292. The van der Waals surface area contributed by atoms with E-state index in [9.17, 15) is 20.1 Å². The van der Waals surface area contributed by atoms with Gasteiger partial charge in [0.25, 0.3) is 0 Å². The minimum Gasteiger partial charge on any atom is -0.507 e. The Kier molecular flexibility index (Phi) is 6.52. The van der Waals surface area contributed by atoms with E-state index >= 15 is 0 Å². The van der Waals surface area contributed by atoms with Gasteiger partial charge < -0.3 is 19.7 Å². The molecule has 1 aromatic heterocycles. The number of aliphatic hydroxyl groups is 2. The maximum Gasteiger partial charge on any atom is 0.343 e. The number of hydrogen-bond donors (Lipinski definition) is 3. The van der Waals surface area contributed by atoms with E-state index in [-0.39, 0.29) is 17.1 Å². The number of aromatic hydroxyl groups is 1. The maximum atomic E-state index is 12.8. The molecule has 29 heavy (non-hydrogen) atoms. The van der Waals surface area contributed by atoms with Crippen molar-refractivity contribution < 1.29 is 19.7 Å². The summed E-state index contributed by atoms with van der Waals surface area (Å²) in [5, 5.41) is 31.3. The third kappa shape index (κ3) is 4.75. The van der Waals surface area contributed by atoms with Crippen LogP contribution in [0.5, 0.6) is 5.75 Å². The van der Waals surface area contributed by atoms with Gasteiger partial charge in [-0.2, -0.15) is 0 Å². The second-order valence-electron chi connectivity index (χ2n) is 7.40. The van der Waals surface area contributed by atoms with E-state index < -0.39 is 29.7 Å². The molecule has 5 nitrogen and oxygen atoms in total. The molecule has 0 radical (unpaired) electrons. The van der Waals surface area contributed by atoms with Crippen molar-refractivity contribution in [2.24, 2.45) is 0 Å². The van der Waals surface area contributed by atoms with Crippen LogP contribution >= 0.6 is 0 Å². The van der Waals surface area contributed by atoms with Crippen molar-refractivity contribution in [3.8, 4) is 5.75 Å². The molecule has 3 rings (SSSR count). The van der Waals surface area contributed by atoms with Crippen molar-refractivity contribution in [3.63, 3.8) is 0 Å². The lowest BCUT2D eigenvalue weighted by molar-refractivity contribution is 0.146. The van der Waals surface area contributed by atoms with Gasteiger partial charge in [-0.05, 0) is 31.4 Å². The van der Waals surface area contributed by atoms with Gasteiger partial charge in [-0.25, -0.2) is 4.79 Å². The molecule has 0 fully saturated rings. The van der Waals surface area contributed by atoms with Crippen molar-refractivity contribution in [2.45, 2.75) is 44.3 Å². The summed E-state index contributed by atoms with van der Waals surface area (Å²) in [6.45, 7) is 3.19. The van der Waals surface area contributed by atoms with Crippen molar-refractivity contribution >= 4 is 0 Å². The molecule has 1 heterocycles. The van der Waals surface area contributed by atoms with E-state index in [1.54, 1.807) is 38.1 Å². The number of rotatable bonds is 7. The van der Waals surface area contributed by atoms with E-state index in [0.717, 1.165) is 5.56 Å². The van der Waals surface area contributed by atoms with Crippen molar-refractivity contribution in [2.75, 3.05) is 0 Å². The highest BCUT2D eigenvalue weighted by atomic mass is 16.4. The van der Waals surface area contributed by atoms with Crippen LogP contribution in [0.4, 0.5) is 0 Å². The highest BCUT2D eigenvalue weighted by Gasteiger charge is 2.29. The van der Waals surface area contributed by atoms with Gasteiger partial charge in [-0.1, -0.05) is 60.7 Å². The summed E-state index contributed by atoms with van der Waals surface area (Å²) < 4.78 is 5.55. The van der Waals surface area contributed by atoms with Crippen LogP contribution in [-0.2, 0) is 6.42 Å². The molecular formula is C24H26O5. The first-order valence-electron chi connectivity index (χ1n) is 9.70. The van der Waals surface area contributed by atoms with Crippen LogP contribution in [0.3, 0.4) is 0 Å². The van der Waals surface area contributed by atoms with Gasteiger partial charge in [-0.3, -0.25) is 0 Å². The predicted molar refractivity (Wildman–Crippen MR) is 111 cm³/mol. The van der Waals surface area contributed by atoms with E-state index in [4.69, 9.17) is 4.42 Å². The lowest BCUT2D eigenvalue weighted by Crippen LogP contribution is -2.25. The fourth-order valence-electron chi connectivity index (χ4n) is 3.70. The molecule has 2 aromatic carbocycles. The Morgan fingerprint density at radius 1 is 0.897 bits per heavy atom. The highest BCUT2D eigenvalue weighted by molar-refractivity contribution is 5.41. The van der Waals surface area contributed by atoms with Crippen LogP contribution in [0.1, 0.15) is 48.1 Å². The first-order chi connectivity index (χ1) is 13.9. The first kappa shape index (κ1) is 20.8. The third-order valence-corrected chi connectivity index (χ3v) is 5.18. The molecule has 152 valence electrons. The third-order valence-electron chi connectivity index (χ3n) is 5.18. The molecule has 4 atom stereocenters. The summed E-state index contributed by atoms with van der Waals surface area (Å²) in [5.74, 6) is -1.25. The normalized spacial score (nSPS) is 15.4. The summed E-state index contributed by atoms with van der Waals surface area (Å²) >= 11 is 0. The SMILES string of the molecule is C[C@H](O)C(Cc1ccccc1)c1cc(O)c(C(c2ccccc2)[C@@H](C)O)c(=O)o1. The molecule has 0 spiro atoms. The summed E-state index contributed by atoms with van der Waals surface area (Å²) in [4.78, 5) is 12.8. The van der Waals surface area contributed by atoms with Crippen LogP contribution in [0.15, 0.2) is 75.9 Å².